The van der Waals surface area contributed by atoms with Crippen molar-refractivity contribution in [1.29, 1.82) is 0 Å². The van der Waals surface area contributed by atoms with E-state index in [4.69, 9.17) is 14.2 Å². The summed E-state index contributed by atoms with van der Waals surface area (Å²) in [5, 5.41) is 3.28. The van der Waals surface area contributed by atoms with Crippen LogP contribution in [0.3, 0.4) is 0 Å². The van der Waals surface area contributed by atoms with E-state index in [1.54, 1.807) is 22.8 Å². The molecular formula is C22H25F3N2O4. The largest absolute Gasteiger partial charge is 0.493 e. The van der Waals surface area contributed by atoms with E-state index in [9.17, 15) is 18.0 Å². The van der Waals surface area contributed by atoms with E-state index in [-0.39, 0.29) is 29.2 Å². The van der Waals surface area contributed by atoms with Crippen molar-refractivity contribution in [3.8, 4) is 22.8 Å². The van der Waals surface area contributed by atoms with E-state index < -0.39 is 12.8 Å². The van der Waals surface area contributed by atoms with E-state index in [2.05, 4.69) is 5.32 Å². The van der Waals surface area contributed by atoms with Gasteiger partial charge in [0.05, 0.1) is 18.9 Å². The molecule has 0 radical (unpaired) electrons. The lowest BCUT2D eigenvalue weighted by molar-refractivity contribution is -0.153. The van der Waals surface area contributed by atoms with Crippen LogP contribution in [0.5, 0.6) is 11.5 Å². The Balaban J connectivity index is 1.69. The van der Waals surface area contributed by atoms with Crippen molar-refractivity contribution in [2.24, 2.45) is 0 Å². The van der Waals surface area contributed by atoms with Crippen LogP contribution < -0.4 is 20.3 Å². The number of alkyl halides is 3. The number of nitrogens with zero attached hydrogens (tertiary/aromatic N) is 1. The molecule has 6 nitrogen and oxygen atoms in total. The van der Waals surface area contributed by atoms with Crippen molar-refractivity contribution < 1.29 is 27.4 Å². The molecule has 4 rings (SSSR count). The Kier molecular flexibility index (Phi) is 5.88. The van der Waals surface area contributed by atoms with Gasteiger partial charge in [-0.05, 0) is 49.9 Å². The number of halogens is 3. The van der Waals surface area contributed by atoms with Gasteiger partial charge in [-0.25, -0.2) is 0 Å². The predicted octanol–water partition coefficient (Wildman–Crippen LogP) is 4.17. The summed E-state index contributed by atoms with van der Waals surface area (Å²) in [5.41, 5.74) is 2.79. The Labute approximate surface area is 177 Å². The van der Waals surface area contributed by atoms with Gasteiger partial charge in [-0.15, -0.1) is 0 Å². The maximum Gasteiger partial charge on any atom is 0.422 e. The molecular weight excluding hydrogens is 413 g/mol. The SMILES string of the molecule is COc1cc2c(cc1OCC(F)(F)F)CC(C)n1c-2cc(NCC2CCCO2)cc1=O. The monoisotopic (exact) mass is 438 g/mol. The van der Waals surface area contributed by atoms with Crippen LogP contribution in [0.2, 0.25) is 0 Å². The number of hydrogen-bond acceptors (Lipinski definition) is 5. The summed E-state index contributed by atoms with van der Waals surface area (Å²) in [4.78, 5) is 12.8. The molecule has 2 aromatic rings. The molecule has 1 aromatic carbocycles. The highest BCUT2D eigenvalue weighted by Gasteiger charge is 2.30. The fraction of sp³-hybridized carbons (Fsp3) is 0.500. The zero-order chi connectivity index (χ0) is 22.2. The van der Waals surface area contributed by atoms with Gasteiger partial charge >= 0.3 is 6.18 Å². The second kappa shape index (κ2) is 8.45. The maximum absolute atomic E-state index is 12.8. The van der Waals surface area contributed by atoms with Gasteiger partial charge in [0.1, 0.15) is 0 Å². The van der Waals surface area contributed by atoms with Crippen LogP contribution in [0.1, 0.15) is 31.4 Å². The second-order valence-corrected chi connectivity index (χ2v) is 7.97. The summed E-state index contributed by atoms with van der Waals surface area (Å²) >= 11 is 0. The number of anilines is 1. The van der Waals surface area contributed by atoms with Gasteiger partial charge in [0.25, 0.3) is 5.56 Å². The van der Waals surface area contributed by atoms with Crippen molar-refractivity contribution >= 4 is 5.69 Å². The lowest BCUT2D eigenvalue weighted by atomic mass is 9.92. The number of methoxy groups -OCH3 is 1. The molecule has 2 aliphatic rings. The Hall–Kier alpha value is -2.68. The van der Waals surface area contributed by atoms with Crippen molar-refractivity contribution in [1.82, 2.24) is 4.57 Å². The number of fused-ring (bicyclic) bond motifs is 3. The molecule has 1 aromatic heterocycles. The molecule has 3 heterocycles. The minimum atomic E-state index is -4.45. The van der Waals surface area contributed by atoms with E-state index in [1.807, 2.05) is 13.0 Å². The van der Waals surface area contributed by atoms with Gasteiger partial charge in [-0.3, -0.25) is 4.79 Å². The molecule has 0 amide bonds. The van der Waals surface area contributed by atoms with E-state index >= 15 is 0 Å². The predicted molar refractivity (Wildman–Crippen MR) is 110 cm³/mol. The van der Waals surface area contributed by atoms with Crippen molar-refractivity contribution in [3.05, 3.63) is 40.2 Å². The van der Waals surface area contributed by atoms with E-state index in [1.165, 1.54) is 7.11 Å². The number of ether oxygens (including phenoxy) is 3. The van der Waals surface area contributed by atoms with Crippen LogP contribution >= 0.6 is 0 Å². The van der Waals surface area contributed by atoms with Crippen LogP contribution in [-0.2, 0) is 11.2 Å². The van der Waals surface area contributed by atoms with Crippen LogP contribution in [0.4, 0.5) is 18.9 Å². The fourth-order valence-electron chi connectivity index (χ4n) is 4.23. The molecule has 2 atom stereocenters. The first-order valence-electron chi connectivity index (χ1n) is 10.3. The molecule has 31 heavy (non-hydrogen) atoms. The molecule has 1 fully saturated rings. The normalized spacial score (nSPS) is 20.2. The summed E-state index contributed by atoms with van der Waals surface area (Å²) in [6, 6.07) is 6.53. The van der Waals surface area contributed by atoms with Gasteiger partial charge in [0.2, 0.25) is 0 Å². The number of hydrogen-bond donors (Lipinski definition) is 1. The molecule has 0 bridgehead atoms. The van der Waals surface area contributed by atoms with Crippen molar-refractivity contribution in [2.45, 2.75) is 44.5 Å². The summed E-state index contributed by atoms with van der Waals surface area (Å²) in [6.45, 7) is 1.88. The van der Waals surface area contributed by atoms with Crippen molar-refractivity contribution in [2.75, 3.05) is 32.2 Å². The first kappa shape index (κ1) is 21.5. The number of nitrogens with one attached hydrogen (secondary N) is 1. The molecule has 2 unspecified atom stereocenters. The zero-order valence-corrected chi connectivity index (χ0v) is 17.4. The first-order chi connectivity index (χ1) is 14.7. The standard InChI is InChI=1S/C22H25F3N2O4/c1-13-6-14-7-20(31-12-22(23,24)25)19(29-2)10-17(14)18-8-15(9-21(28)27(13)18)26-11-16-4-3-5-30-16/h7-10,13,16,26H,3-6,11-12H2,1-2H3. The van der Waals surface area contributed by atoms with E-state index in [0.717, 1.165) is 30.6 Å². The molecule has 168 valence electrons. The quantitative estimate of drug-likeness (QED) is 0.734. The summed E-state index contributed by atoms with van der Waals surface area (Å²) < 4.78 is 55.5. The smallest absolute Gasteiger partial charge is 0.422 e. The molecule has 1 N–H and O–H groups in total. The number of rotatable bonds is 6. The average molecular weight is 438 g/mol. The Morgan fingerprint density at radius 3 is 2.71 bits per heavy atom. The molecule has 9 heteroatoms. The first-order valence-corrected chi connectivity index (χ1v) is 10.3. The van der Waals surface area contributed by atoms with Gasteiger partial charge < -0.3 is 24.1 Å². The topological polar surface area (TPSA) is 61.7 Å². The third kappa shape index (κ3) is 4.66. The molecule has 2 aliphatic heterocycles. The van der Waals surface area contributed by atoms with E-state index in [0.29, 0.717) is 24.3 Å². The highest BCUT2D eigenvalue weighted by atomic mass is 19.4. The Bertz CT molecular complexity index is 1010. The third-order valence-corrected chi connectivity index (χ3v) is 5.64. The minimum Gasteiger partial charge on any atom is -0.493 e. The molecule has 0 spiro atoms. The van der Waals surface area contributed by atoms with Crippen LogP contribution in [-0.4, -0.2) is 43.7 Å². The molecule has 0 saturated carbocycles. The molecule has 1 saturated heterocycles. The average Bonchev–Trinajstić information content (AvgIpc) is 3.23. The van der Waals surface area contributed by atoms with Crippen LogP contribution in [0.25, 0.3) is 11.3 Å². The zero-order valence-electron chi connectivity index (χ0n) is 17.4. The second-order valence-electron chi connectivity index (χ2n) is 7.97. The Morgan fingerprint density at radius 2 is 2.03 bits per heavy atom. The van der Waals surface area contributed by atoms with Crippen molar-refractivity contribution in [3.63, 3.8) is 0 Å². The highest BCUT2D eigenvalue weighted by molar-refractivity contribution is 5.73. The Morgan fingerprint density at radius 1 is 1.23 bits per heavy atom. The molecule has 0 aliphatic carbocycles. The lowest BCUT2D eigenvalue weighted by Crippen LogP contribution is -2.30. The van der Waals surface area contributed by atoms with Crippen LogP contribution in [0.15, 0.2) is 29.1 Å². The van der Waals surface area contributed by atoms with Gasteiger partial charge in [-0.2, -0.15) is 13.2 Å². The van der Waals surface area contributed by atoms with Crippen LogP contribution in [0, 0.1) is 0 Å². The summed E-state index contributed by atoms with van der Waals surface area (Å²) in [5.74, 6) is 0.225. The van der Waals surface area contributed by atoms with Gasteiger partial charge in [0.15, 0.2) is 18.1 Å². The number of benzene rings is 1. The fourth-order valence-corrected chi connectivity index (χ4v) is 4.23. The lowest BCUT2D eigenvalue weighted by Gasteiger charge is -2.29. The number of aromatic nitrogens is 1. The minimum absolute atomic E-state index is 0.0363. The summed E-state index contributed by atoms with van der Waals surface area (Å²) in [6.07, 6.45) is -1.81. The number of pyridine rings is 1. The summed E-state index contributed by atoms with van der Waals surface area (Å²) in [7, 11) is 1.38. The third-order valence-electron chi connectivity index (χ3n) is 5.64. The van der Waals surface area contributed by atoms with Gasteiger partial charge in [-0.1, -0.05) is 0 Å². The maximum atomic E-state index is 12.8. The van der Waals surface area contributed by atoms with Gasteiger partial charge in [0, 0.05) is 36.5 Å². The highest BCUT2D eigenvalue weighted by Crippen LogP contribution is 2.41.